The lowest BCUT2D eigenvalue weighted by Gasteiger charge is -1.97. The number of thioether (sulfide) groups is 1. The largest absolute Gasteiger partial charge is 0.229 e. The van der Waals surface area contributed by atoms with Crippen LogP contribution in [0.15, 0.2) is 30.3 Å². The smallest absolute Gasteiger partial charge is 0.215 e. The lowest BCUT2D eigenvalue weighted by atomic mass is 10.2. The van der Waals surface area contributed by atoms with Gasteiger partial charge in [-0.1, -0.05) is 42.1 Å². The van der Waals surface area contributed by atoms with E-state index in [0.717, 1.165) is 6.42 Å². The van der Waals surface area contributed by atoms with Gasteiger partial charge in [-0.25, -0.2) is 4.58 Å². The highest BCUT2D eigenvalue weighted by atomic mass is 32.2. The second-order valence-corrected chi connectivity index (χ2v) is 4.49. The monoisotopic (exact) mass is 192 g/mol. The predicted octanol–water partition coefficient (Wildman–Crippen LogP) is 2.02. The van der Waals surface area contributed by atoms with Crippen LogP contribution < -0.4 is 0 Å². The van der Waals surface area contributed by atoms with Gasteiger partial charge in [-0.15, -0.1) is 0 Å². The number of hydrogen-bond donors (Lipinski definition) is 0. The normalized spacial score (nSPS) is 16.7. The summed E-state index contributed by atoms with van der Waals surface area (Å²) in [5.74, 6) is 1.25. The lowest BCUT2D eigenvalue weighted by Crippen LogP contribution is -2.10. The van der Waals surface area contributed by atoms with Gasteiger partial charge in [0.2, 0.25) is 5.04 Å². The van der Waals surface area contributed by atoms with E-state index < -0.39 is 0 Å². The summed E-state index contributed by atoms with van der Waals surface area (Å²) in [6.45, 7) is 1.20. The highest BCUT2D eigenvalue weighted by molar-refractivity contribution is 8.13. The molecule has 0 saturated heterocycles. The number of nitrogens with zero attached hydrogens (tertiary/aromatic N) is 1. The molecule has 13 heavy (non-hydrogen) atoms. The average Bonchev–Trinajstić information content (AvgIpc) is 2.54. The van der Waals surface area contributed by atoms with Crippen molar-refractivity contribution in [2.75, 3.05) is 19.3 Å². The van der Waals surface area contributed by atoms with Crippen LogP contribution in [0.1, 0.15) is 5.56 Å². The summed E-state index contributed by atoms with van der Waals surface area (Å²) in [5, 5.41) is 1.51. The highest BCUT2D eigenvalue weighted by Gasteiger charge is 2.19. The van der Waals surface area contributed by atoms with Crippen molar-refractivity contribution in [1.29, 1.82) is 0 Å². The Balaban J connectivity index is 2.11. The summed E-state index contributed by atoms with van der Waals surface area (Å²) in [7, 11) is 2.18. The third kappa shape index (κ3) is 2.13. The first kappa shape index (κ1) is 8.82. The van der Waals surface area contributed by atoms with Crippen LogP contribution in [0.5, 0.6) is 0 Å². The van der Waals surface area contributed by atoms with Crippen molar-refractivity contribution in [3.05, 3.63) is 35.9 Å². The van der Waals surface area contributed by atoms with Gasteiger partial charge >= 0.3 is 0 Å². The van der Waals surface area contributed by atoms with Crippen molar-refractivity contribution < 1.29 is 4.58 Å². The van der Waals surface area contributed by atoms with E-state index in [9.17, 15) is 0 Å². The predicted molar refractivity (Wildman–Crippen MR) is 58.7 cm³/mol. The van der Waals surface area contributed by atoms with Gasteiger partial charge in [0.15, 0.2) is 6.54 Å². The maximum atomic E-state index is 2.36. The molecule has 0 saturated carbocycles. The quantitative estimate of drug-likeness (QED) is 0.648. The van der Waals surface area contributed by atoms with Gasteiger partial charge < -0.3 is 0 Å². The van der Waals surface area contributed by atoms with Gasteiger partial charge in [-0.2, -0.15) is 0 Å². The summed E-state index contributed by atoms with van der Waals surface area (Å²) in [5.41, 5.74) is 1.42. The molecule has 2 heteroatoms. The second kappa shape index (κ2) is 3.97. The van der Waals surface area contributed by atoms with Gasteiger partial charge in [0, 0.05) is 0 Å². The van der Waals surface area contributed by atoms with E-state index in [1.54, 1.807) is 0 Å². The molecule has 1 aromatic rings. The summed E-state index contributed by atoms with van der Waals surface area (Å²) in [6.07, 6.45) is 1.10. The molecule has 0 spiro atoms. The Hall–Kier alpha value is -0.760. The first-order valence-corrected chi connectivity index (χ1v) is 5.58. The fourth-order valence-electron chi connectivity index (χ4n) is 1.49. The highest BCUT2D eigenvalue weighted by Crippen LogP contribution is 2.14. The molecule has 0 unspecified atom stereocenters. The van der Waals surface area contributed by atoms with E-state index in [1.807, 2.05) is 11.8 Å². The molecule has 0 atom stereocenters. The van der Waals surface area contributed by atoms with Crippen LogP contribution in [-0.4, -0.2) is 29.0 Å². The number of hydrogen-bond acceptors (Lipinski definition) is 1. The third-order valence-electron chi connectivity index (χ3n) is 2.32. The third-order valence-corrected chi connectivity index (χ3v) is 3.50. The molecule has 0 aromatic heterocycles. The van der Waals surface area contributed by atoms with Crippen molar-refractivity contribution in [2.45, 2.75) is 6.42 Å². The maximum absolute atomic E-state index is 2.36. The summed E-state index contributed by atoms with van der Waals surface area (Å²) in [6, 6.07) is 10.7. The zero-order valence-electron chi connectivity index (χ0n) is 7.86. The van der Waals surface area contributed by atoms with E-state index in [2.05, 4.69) is 42.0 Å². The molecule has 0 fully saturated rings. The Bertz CT molecular complexity index is 316. The Morgan fingerprint density at radius 1 is 1.31 bits per heavy atom. The van der Waals surface area contributed by atoms with Gasteiger partial charge in [0.05, 0.1) is 12.2 Å². The molecule has 2 rings (SSSR count). The molecule has 1 aliphatic heterocycles. The fraction of sp³-hybridized carbons (Fsp3) is 0.364. The van der Waals surface area contributed by atoms with Gasteiger partial charge in [-0.3, -0.25) is 0 Å². The fourth-order valence-corrected chi connectivity index (χ4v) is 2.67. The van der Waals surface area contributed by atoms with Crippen molar-refractivity contribution in [2.24, 2.45) is 0 Å². The molecular weight excluding hydrogens is 178 g/mol. The first-order chi connectivity index (χ1) is 6.36. The van der Waals surface area contributed by atoms with Crippen LogP contribution in [0, 0.1) is 0 Å². The Morgan fingerprint density at radius 2 is 2.08 bits per heavy atom. The topological polar surface area (TPSA) is 3.01 Å². The maximum Gasteiger partial charge on any atom is 0.215 e. The molecule has 1 nitrogen and oxygen atoms in total. The average molecular weight is 192 g/mol. The van der Waals surface area contributed by atoms with E-state index in [0.29, 0.717) is 0 Å². The van der Waals surface area contributed by atoms with Crippen LogP contribution in [0.2, 0.25) is 0 Å². The van der Waals surface area contributed by atoms with E-state index in [1.165, 1.54) is 22.9 Å². The molecule has 1 heterocycles. The SMILES string of the molecule is C[N+]1=C(Cc2ccccc2)SCC1. The summed E-state index contributed by atoms with van der Waals surface area (Å²) < 4.78 is 2.36. The minimum absolute atomic E-state index is 1.10. The summed E-state index contributed by atoms with van der Waals surface area (Å²) >= 11 is 1.99. The van der Waals surface area contributed by atoms with Crippen molar-refractivity contribution >= 4 is 16.8 Å². The Morgan fingerprint density at radius 3 is 2.69 bits per heavy atom. The Kier molecular flexibility index (Phi) is 2.69. The molecule has 1 aliphatic rings. The minimum atomic E-state index is 1.10. The number of rotatable bonds is 2. The zero-order valence-corrected chi connectivity index (χ0v) is 8.68. The van der Waals surface area contributed by atoms with E-state index in [4.69, 9.17) is 0 Å². The van der Waals surface area contributed by atoms with Crippen molar-refractivity contribution in [3.63, 3.8) is 0 Å². The lowest BCUT2D eigenvalue weighted by molar-refractivity contribution is -0.487. The van der Waals surface area contributed by atoms with Crippen molar-refractivity contribution in [1.82, 2.24) is 0 Å². The van der Waals surface area contributed by atoms with Crippen LogP contribution in [0.25, 0.3) is 0 Å². The molecule has 68 valence electrons. The van der Waals surface area contributed by atoms with Gasteiger partial charge in [-0.05, 0) is 5.56 Å². The molecule has 1 aromatic carbocycles. The number of benzene rings is 1. The van der Waals surface area contributed by atoms with E-state index in [-0.39, 0.29) is 0 Å². The van der Waals surface area contributed by atoms with E-state index >= 15 is 0 Å². The summed E-state index contributed by atoms with van der Waals surface area (Å²) in [4.78, 5) is 0. The first-order valence-electron chi connectivity index (χ1n) is 4.60. The standard InChI is InChI=1S/C11H14NS/c1-12-7-8-13-11(12)9-10-5-3-2-4-6-10/h2-6H,7-9H2,1H3/q+1. The Labute approximate surface area is 83.5 Å². The van der Waals surface area contributed by atoms with Crippen LogP contribution >= 0.6 is 11.8 Å². The molecule has 0 radical (unpaired) electrons. The van der Waals surface area contributed by atoms with Gasteiger partial charge in [0.25, 0.3) is 0 Å². The van der Waals surface area contributed by atoms with Gasteiger partial charge in [0.1, 0.15) is 7.05 Å². The van der Waals surface area contributed by atoms with Crippen molar-refractivity contribution in [3.8, 4) is 0 Å². The second-order valence-electron chi connectivity index (χ2n) is 3.33. The molecule has 0 bridgehead atoms. The zero-order chi connectivity index (χ0) is 9.10. The molecule has 0 N–H and O–H groups in total. The molecule has 0 amide bonds. The van der Waals surface area contributed by atoms with Crippen LogP contribution in [-0.2, 0) is 6.42 Å². The van der Waals surface area contributed by atoms with Crippen LogP contribution in [0.3, 0.4) is 0 Å². The molecule has 0 aliphatic carbocycles. The molecular formula is C11H14NS+. The van der Waals surface area contributed by atoms with Crippen LogP contribution in [0.4, 0.5) is 0 Å². The minimum Gasteiger partial charge on any atom is -0.229 e.